The lowest BCUT2D eigenvalue weighted by molar-refractivity contribution is 0.349. The van der Waals surface area contributed by atoms with E-state index in [1.165, 1.54) is 6.07 Å². The van der Waals surface area contributed by atoms with Gasteiger partial charge < -0.3 is 9.47 Å². The SMILES string of the molecule is COc1cccc(C(NN)c2cncc(F)c2)c1OC. The summed E-state index contributed by atoms with van der Waals surface area (Å²) >= 11 is 0. The molecule has 0 amide bonds. The van der Waals surface area contributed by atoms with Crippen LogP contribution in [0.3, 0.4) is 0 Å². The summed E-state index contributed by atoms with van der Waals surface area (Å²) < 4.78 is 23.9. The predicted molar refractivity (Wildman–Crippen MR) is 72.9 cm³/mol. The maximum Gasteiger partial charge on any atom is 0.165 e. The van der Waals surface area contributed by atoms with Gasteiger partial charge in [-0.05, 0) is 17.7 Å². The first-order valence-corrected chi connectivity index (χ1v) is 5.98. The minimum Gasteiger partial charge on any atom is -0.493 e. The van der Waals surface area contributed by atoms with E-state index in [2.05, 4.69) is 10.4 Å². The van der Waals surface area contributed by atoms with Gasteiger partial charge in [-0.15, -0.1) is 0 Å². The molecule has 0 aliphatic heterocycles. The second-order valence-electron chi connectivity index (χ2n) is 4.12. The highest BCUT2D eigenvalue weighted by Crippen LogP contribution is 2.36. The highest BCUT2D eigenvalue weighted by molar-refractivity contribution is 5.50. The van der Waals surface area contributed by atoms with E-state index in [0.717, 1.165) is 11.8 Å². The first-order chi connectivity index (χ1) is 9.71. The second kappa shape index (κ2) is 6.31. The van der Waals surface area contributed by atoms with E-state index in [4.69, 9.17) is 15.3 Å². The standard InChI is InChI=1S/C14H16FN3O2/c1-19-12-5-3-4-11(14(12)20-2)13(18-16)9-6-10(15)8-17-7-9/h3-8,13,18H,16H2,1-2H3. The maximum atomic E-state index is 13.3. The van der Waals surface area contributed by atoms with Gasteiger partial charge >= 0.3 is 0 Å². The van der Waals surface area contributed by atoms with E-state index >= 15 is 0 Å². The molecule has 0 spiro atoms. The van der Waals surface area contributed by atoms with Gasteiger partial charge in [0.05, 0.1) is 26.5 Å². The molecule has 1 unspecified atom stereocenters. The molecule has 6 heteroatoms. The lowest BCUT2D eigenvalue weighted by Gasteiger charge is -2.20. The third-order valence-corrected chi connectivity index (χ3v) is 2.97. The molecule has 0 bridgehead atoms. The van der Waals surface area contributed by atoms with Gasteiger partial charge in [0.1, 0.15) is 5.82 Å². The summed E-state index contributed by atoms with van der Waals surface area (Å²) in [4.78, 5) is 3.83. The van der Waals surface area contributed by atoms with Crippen molar-refractivity contribution in [1.29, 1.82) is 0 Å². The van der Waals surface area contributed by atoms with E-state index in [-0.39, 0.29) is 0 Å². The van der Waals surface area contributed by atoms with Crippen LogP contribution in [0, 0.1) is 5.82 Å². The monoisotopic (exact) mass is 277 g/mol. The number of hydrazine groups is 1. The van der Waals surface area contributed by atoms with Crippen LogP contribution in [0.5, 0.6) is 11.5 Å². The molecule has 0 fully saturated rings. The van der Waals surface area contributed by atoms with Crippen LogP contribution in [0.1, 0.15) is 17.2 Å². The van der Waals surface area contributed by atoms with Crippen molar-refractivity contribution in [1.82, 2.24) is 10.4 Å². The molecule has 1 aromatic carbocycles. The van der Waals surface area contributed by atoms with Gasteiger partial charge in [-0.25, -0.2) is 9.82 Å². The van der Waals surface area contributed by atoms with Gasteiger partial charge in [0, 0.05) is 11.8 Å². The molecule has 0 radical (unpaired) electrons. The van der Waals surface area contributed by atoms with Crippen LogP contribution in [0.15, 0.2) is 36.7 Å². The summed E-state index contributed by atoms with van der Waals surface area (Å²) in [5.74, 6) is 6.30. The Morgan fingerprint density at radius 2 is 2.05 bits per heavy atom. The number of hydrogen-bond acceptors (Lipinski definition) is 5. The maximum absolute atomic E-state index is 13.3. The molecule has 20 heavy (non-hydrogen) atoms. The van der Waals surface area contributed by atoms with Gasteiger partial charge in [-0.1, -0.05) is 12.1 Å². The molecular weight excluding hydrogens is 261 g/mol. The number of halogens is 1. The van der Waals surface area contributed by atoms with Crippen molar-refractivity contribution in [3.63, 3.8) is 0 Å². The summed E-state index contributed by atoms with van der Waals surface area (Å²) in [5.41, 5.74) is 3.98. The normalized spacial score (nSPS) is 12.0. The number of hydrogen-bond donors (Lipinski definition) is 2. The number of rotatable bonds is 5. The lowest BCUT2D eigenvalue weighted by Crippen LogP contribution is -2.29. The van der Waals surface area contributed by atoms with Crippen molar-refractivity contribution in [2.24, 2.45) is 5.84 Å². The van der Waals surface area contributed by atoms with E-state index in [0.29, 0.717) is 17.1 Å². The molecular formula is C14H16FN3O2. The van der Waals surface area contributed by atoms with Crippen LogP contribution in [-0.4, -0.2) is 19.2 Å². The number of methoxy groups -OCH3 is 2. The van der Waals surface area contributed by atoms with E-state index in [1.807, 2.05) is 12.1 Å². The van der Waals surface area contributed by atoms with Crippen LogP contribution >= 0.6 is 0 Å². The van der Waals surface area contributed by atoms with E-state index in [9.17, 15) is 4.39 Å². The van der Waals surface area contributed by atoms with E-state index in [1.54, 1.807) is 26.5 Å². The van der Waals surface area contributed by atoms with Crippen molar-refractivity contribution in [3.05, 3.63) is 53.6 Å². The van der Waals surface area contributed by atoms with Gasteiger partial charge in [0.25, 0.3) is 0 Å². The number of aromatic nitrogens is 1. The Morgan fingerprint density at radius 1 is 1.25 bits per heavy atom. The Labute approximate surface area is 116 Å². The molecule has 1 atom stereocenters. The number of pyridine rings is 1. The van der Waals surface area contributed by atoms with Crippen LogP contribution in [0.2, 0.25) is 0 Å². The average molecular weight is 277 g/mol. The fourth-order valence-electron chi connectivity index (χ4n) is 2.09. The predicted octanol–water partition coefficient (Wildman–Crippen LogP) is 1.79. The summed E-state index contributed by atoms with van der Waals surface area (Å²) in [7, 11) is 3.09. The number of ether oxygens (including phenoxy) is 2. The van der Waals surface area contributed by atoms with Crippen molar-refractivity contribution in [2.45, 2.75) is 6.04 Å². The molecule has 0 saturated carbocycles. The van der Waals surface area contributed by atoms with Crippen molar-refractivity contribution >= 4 is 0 Å². The second-order valence-corrected chi connectivity index (χ2v) is 4.12. The molecule has 0 aliphatic carbocycles. The number of nitrogens with two attached hydrogens (primary N) is 1. The lowest BCUT2D eigenvalue weighted by atomic mass is 9.99. The Bertz CT molecular complexity index is 592. The number of benzene rings is 1. The molecule has 0 aliphatic rings. The van der Waals surface area contributed by atoms with Crippen LogP contribution in [0.25, 0.3) is 0 Å². The Hall–Kier alpha value is -2.18. The molecule has 106 valence electrons. The van der Waals surface area contributed by atoms with Crippen molar-refractivity contribution < 1.29 is 13.9 Å². The summed E-state index contributed by atoms with van der Waals surface area (Å²) in [6.45, 7) is 0. The molecule has 5 nitrogen and oxygen atoms in total. The number of para-hydroxylation sites is 1. The topological polar surface area (TPSA) is 69.4 Å². The van der Waals surface area contributed by atoms with Gasteiger partial charge in [-0.2, -0.15) is 0 Å². The summed E-state index contributed by atoms with van der Waals surface area (Å²) in [6.07, 6.45) is 2.69. The quantitative estimate of drug-likeness (QED) is 0.644. The van der Waals surface area contributed by atoms with Gasteiger partial charge in [-0.3, -0.25) is 10.8 Å². The first kappa shape index (κ1) is 14.2. The molecule has 2 rings (SSSR count). The zero-order valence-electron chi connectivity index (χ0n) is 11.3. The van der Waals surface area contributed by atoms with Crippen LogP contribution in [0.4, 0.5) is 4.39 Å². The van der Waals surface area contributed by atoms with Crippen molar-refractivity contribution in [2.75, 3.05) is 14.2 Å². The zero-order valence-corrected chi connectivity index (χ0v) is 11.3. The Balaban J connectivity index is 2.52. The zero-order chi connectivity index (χ0) is 14.5. The molecule has 3 N–H and O–H groups in total. The molecule has 1 heterocycles. The third-order valence-electron chi connectivity index (χ3n) is 2.97. The van der Waals surface area contributed by atoms with Crippen LogP contribution in [-0.2, 0) is 0 Å². The molecule has 1 aromatic heterocycles. The largest absolute Gasteiger partial charge is 0.493 e. The van der Waals surface area contributed by atoms with Crippen LogP contribution < -0.4 is 20.7 Å². The fraction of sp³-hybridized carbons (Fsp3) is 0.214. The first-order valence-electron chi connectivity index (χ1n) is 5.98. The smallest absolute Gasteiger partial charge is 0.165 e. The Morgan fingerprint density at radius 3 is 2.65 bits per heavy atom. The summed E-state index contributed by atoms with van der Waals surface area (Å²) in [6, 6.07) is 6.34. The third kappa shape index (κ3) is 2.71. The minimum atomic E-state index is -0.455. The van der Waals surface area contributed by atoms with Gasteiger partial charge in [0.2, 0.25) is 0 Å². The summed E-state index contributed by atoms with van der Waals surface area (Å²) in [5, 5.41) is 0. The average Bonchev–Trinajstić information content (AvgIpc) is 2.47. The highest BCUT2D eigenvalue weighted by Gasteiger charge is 2.20. The Kier molecular flexibility index (Phi) is 4.49. The minimum absolute atomic E-state index is 0.426. The van der Waals surface area contributed by atoms with E-state index < -0.39 is 11.9 Å². The number of nitrogens with zero attached hydrogens (tertiary/aromatic N) is 1. The van der Waals surface area contributed by atoms with Gasteiger partial charge in [0.15, 0.2) is 11.5 Å². The van der Waals surface area contributed by atoms with Crippen molar-refractivity contribution in [3.8, 4) is 11.5 Å². The highest BCUT2D eigenvalue weighted by atomic mass is 19.1. The fourth-order valence-corrected chi connectivity index (χ4v) is 2.09. The molecule has 2 aromatic rings. The molecule has 0 saturated heterocycles. The number of nitrogens with one attached hydrogen (secondary N) is 1.